The van der Waals surface area contributed by atoms with Crippen LogP contribution in [0, 0.1) is 0 Å². The van der Waals surface area contributed by atoms with Gasteiger partial charge >= 0.3 is 12.1 Å². The first-order chi connectivity index (χ1) is 13.0. The zero-order chi connectivity index (χ0) is 19.1. The van der Waals surface area contributed by atoms with Crippen LogP contribution in [0.15, 0.2) is 36.7 Å². The van der Waals surface area contributed by atoms with Crippen LogP contribution in [0.3, 0.4) is 0 Å². The minimum atomic E-state index is -0.536. The van der Waals surface area contributed by atoms with Crippen LogP contribution in [0.25, 0.3) is 5.69 Å². The molecule has 140 valence electrons. The summed E-state index contributed by atoms with van der Waals surface area (Å²) in [6.45, 7) is 0.902. The highest BCUT2D eigenvalue weighted by Gasteiger charge is 2.47. The lowest BCUT2D eigenvalue weighted by Crippen LogP contribution is -2.33. The number of carbonyl (C=O) groups excluding carboxylic acids is 3. The Labute approximate surface area is 156 Å². The molecule has 4 rings (SSSR count). The van der Waals surface area contributed by atoms with Gasteiger partial charge in [-0.1, -0.05) is 0 Å². The fraction of sp³-hybridized carbons (Fsp3) is 0.333. The SMILES string of the molecule is CN(Cc1nccn1-c1ccc(N2C(=O)[C@@H]3CCCN3C2=O)cc1)C(N)=O. The van der Waals surface area contributed by atoms with Crippen LogP contribution >= 0.6 is 0 Å². The number of nitrogens with zero attached hydrogens (tertiary/aromatic N) is 5. The Morgan fingerprint density at radius 2 is 1.96 bits per heavy atom. The van der Waals surface area contributed by atoms with Gasteiger partial charge in [0.1, 0.15) is 11.9 Å². The number of benzene rings is 1. The van der Waals surface area contributed by atoms with Crippen molar-refractivity contribution in [3.05, 3.63) is 42.5 Å². The Balaban J connectivity index is 1.57. The quantitative estimate of drug-likeness (QED) is 0.822. The van der Waals surface area contributed by atoms with Gasteiger partial charge < -0.3 is 20.1 Å². The van der Waals surface area contributed by atoms with Crippen molar-refractivity contribution in [3.63, 3.8) is 0 Å². The Morgan fingerprint density at radius 1 is 1.26 bits per heavy atom. The third kappa shape index (κ3) is 2.80. The maximum atomic E-state index is 12.5. The zero-order valence-corrected chi connectivity index (χ0v) is 14.9. The number of fused-ring (bicyclic) bond motifs is 1. The highest BCUT2D eigenvalue weighted by molar-refractivity contribution is 6.21. The minimum absolute atomic E-state index is 0.156. The van der Waals surface area contributed by atoms with Crippen LogP contribution in [0.4, 0.5) is 15.3 Å². The summed E-state index contributed by atoms with van der Waals surface area (Å²) in [7, 11) is 1.60. The summed E-state index contributed by atoms with van der Waals surface area (Å²) >= 11 is 0. The fourth-order valence-electron chi connectivity index (χ4n) is 3.60. The molecule has 0 saturated carbocycles. The first-order valence-electron chi connectivity index (χ1n) is 8.75. The molecule has 2 aliphatic rings. The topological polar surface area (TPSA) is 105 Å². The molecule has 2 aliphatic heterocycles. The van der Waals surface area contributed by atoms with E-state index in [2.05, 4.69) is 4.98 Å². The molecule has 9 nitrogen and oxygen atoms in total. The van der Waals surface area contributed by atoms with Gasteiger partial charge in [-0.25, -0.2) is 19.5 Å². The van der Waals surface area contributed by atoms with E-state index in [4.69, 9.17) is 5.73 Å². The number of aromatic nitrogens is 2. The van der Waals surface area contributed by atoms with Crippen molar-refractivity contribution in [2.45, 2.75) is 25.4 Å². The molecule has 0 radical (unpaired) electrons. The average molecular weight is 368 g/mol. The molecule has 2 saturated heterocycles. The van der Waals surface area contributed by atoms with Gasteiger partial charge in [0.05, 0.1) is 12.2 Å². The zero-order valence-electron chi connectivity index (χ0n) is 14.9. The van der Waals surface area contributed by atoms with E-state index in [9.17, 15) is 14.4 Å². The molecular formula is C18H20N6O3. The largest absolute Gasteiger partial charge is 0.351 e. The standard InChI is InChI=1S/C18H20N6O3/c1-21(17(19)26)11-15-20-8-10-22(15)12-4-6-13(7-5-12)24-16(25)14-3-2-9-23(14)18(24)27/h4-8,10,14H,2-3,9,11H2,1H3,(H2,19,26)/t14-/m0/s1. The summed E-state index contributed by atoms with van der Waals surface area (Å²) in [4.78, 5) is 44.8. The second-order valence-electron chi connectivity index (χ2n) is 6.73. The Hall–Kier alpha value is -3.36. The summed E-state index contributed by atoms with van der Waals surface area (Å²) in [6, 6.07) is 6.02. The van der Waals surface area contributed by atoms with Crippen LogP contribution in [-0.4, -0.2) is 57.0 Å². The highest BCUT2D eigenvalue weighted by atomic mass is 16.2. The summed E-state index contributed by atoms with van der Waals surface area (Å²) in [6.07, 6.45) is 5.02. The van der Waals surface area contributed by atoms with Crippen molar-refractivity contribution in [3.8, 4) is 5.69 Å². The lowest BCUT2D eigenvalue weighted by Gasteiger charge is -2.17. The Bertz CT molecular complexity index is 884. The number of urea groups is 2. The van der Waals surface area contributed by atoms with Crippen LogP contribution < -0.4 is 10.6 Å². The molecule has 0 bridgehead atoms. The highest BCUT2D eigenvalue weighted by Crippen LogP contribution is 2.31. The maximum Gasteiger partial charge on any atom is 0.332 e. The normalized spacial score (nSPS) is 18.9. The maximum absolute atomic E-state index is 12.5. The van der Waals surface area contributed by atoms with Crippen LogP contribution in [0.2, 0.25) is 0 Å². The number of imide groups is 1. The van der Waals surface area contributed by atoms with Crippen LogP contribution in [0.1, 0.15) is 18.7 Å². The number of amides is 5. The molecule has 2 fully saturated rings. The Kier molecular flexibility index (Phi) is 4.06. The number of hydrogen-bond acceptors (Lipinski definition) is 4. The summed E-state index contributed by atoms with van der Waals surface area (Å²) in [5, 5.41) is 0. The Morgan fingerprint density at radius 3 is 2.63 bits per heavy atom. The van der Waals surface area contributed by atoms with Crippen LogP contribution in [0.5, 0.6) is 0 Å². The fourth-order valence-corrected chi connectivity index (χ4v) is 3.60. The van der Waals surface area contributed by atoms with E-state index in [1.807, 2.05) is 16.7 Å². The second-order valence-corrected chi connectivity index (χ2v) is 6.73. The van der Waals surface area contributed by atoms with E-state index in [-0.39, 0.29) is 24.5 Å². The molecular weight excluding hydrogens is 348 g/mol. The summed E-state index contributed by atoms with van der Waals surface area (Å²) in [5.74, 6) is 0.495. The second kappa shape index (κ2) is 6.42. The molecule has 1 aromatic heterocycles. The molecule has 0 aliphatic carbocycles. The van der Waals surface area contributed by atoms with E-state index in [1.54, 1.807) is 36.5 Å². The van der Waals surface area contributed by atoms with Crippen molar-refractivity contribution < 1.29 is 14.4 Å². The van der Waals surface area contributed by atoms with E-state index >= 15 is 0 Å². The number of carbonyl (C=O) groups is 3. The molecule has 0 spiro atoms. The van der Waals surface area contributed by atoms with Gasteiger partial charge in [-0.3, -0.25) is 4.79 Å². The average Bonchev–Trinajstić information content (AvgIpc) is 3.35. The first kappa shape index (κ1) is 17.1. The van der Waals surface area contributed by atoms with Gasteiger partial charge in [-0.05, 0) is 37.1 Å². The first-order valence-corrected chi connectivity index (χ1v) is 8.75. The van der Waals surface area contributed by atoms with Crippen LogP contribution in [-0.2, 0) is 11.3 Å². The predicted molar refractivity (Wildman–Crippen MR) is 97.2 cm³/mol. The van der Waals surface area contributed by atoms with Gasteiger partial charge in [-0.2, -0.15) is 0 Å². The van der Waals surface area contributed by atoms with Gasteiger partial charge in [-0.15, -0.1) is 0 Å². The van der Waals surface area contributed by atoms with E-state index < -0.39 is 6.03 Å². The molecule has 2 N–H and O–H groups in total. The lowest BCUT2D eigenvalue weighted by molar-refractivity contribution is -0.119. The molecule has 5 amide bonds. The van der Waals surface area contributed by atoms with E-state index in [0.717, 1.165) is 18.5 Å². The monoisotopic (exact) mass is 368 g/mol. The third-order valence-corrected chi connectivity index (χ3v) is 5.05. The van der Waals surface area contributed by atoms with Crippen molar-refractivity contribution >= 4 is 23.7 Å². The minimum Gasteiger partial charge on any atom is -0.351 e. The molecule has 9 heteroatoms. The van der Waals surface area contributed by atoms with Gasteiger partial charge in [0, 0.05) is 31.7 Å². The molecule has 0 unspecified atom stereocenters. The molecule has 3 heterocycles. The van der Waals surface area contributed by atoms with Crippen molar-refractivity contribution in [2.75, 3.05) is 18.5 Å². The van der Waals surface area contributed by atoms with E-state index in [0.29, 0.717) is 18.1 Å². The van der Waals surface area contributed by atoms with Crippen molar-refractivity contribution in [2.24, 2.45) is 5.73 Å². The molecule has 1 aromatic carbocycles. The molecule has 2 aromatic rings. The molecule has 1 atom stereocenters. The molecule has 27 heavy (non-hydrogen) atoms. The van der Waals surface area contributed by atoms with Gasteiger partial charge in [0.15, 0.2) is 0 Å². The number of anilines is 1. The number of hydrogen-bond donors (Lipinski definition) is 1. The predicted octanol–water partition coefficient (Wildman–Crippen LogP) is 1.31. The van der Waals surface area contributed by atoms with E-state index in [1.165, 1.54) is 9.80 Å². The number of primary amides is 1. The summed E-state index contributed by atoms with van der Waals surface area (Å²) in [5.41, 5.74) is 6.64. The van der Waals surface area contributed by atoms with Gasteiger partial charge in [0.2, 0.25) is 0 Å². The summed E-state index contributed by atoms with van der Waals surface area (Å²) < 4.78 is 1.83. The lowest BCUT2D eigenvalue weighted by atomic mass is 10.2. The number of imidazole rings is 1. The number of rotatable bonds is 4. The van der Waals surface area contributed by atoms with Crippen molar-refractivity contribution in [1.29, 1.82) is 0 Å². The third-order valence-electron chi connectivity index (χ3n) is 5.05. The van der Waals surface area contributed by atoms with Crippen molar-refractivity contribution in [1.82, 2.24) is 19.4 Å². The smallest absolute Gasteiger partial charge is 0.332 e. The number of nitrogens with two attached hydrogens (primary N) is 1. The van der Waals surface area contributed by atoms with Gasteiger partial charge in [0.25, 0.3) is 5.91 Å².